The number of hydrogen-bond acceptors (Lipinski definition) is 4. The molecule has 0 aromatic carbocycles. The van der Waals surface area contributed by atoms with Gasteiger partial charge >= 0.3 is 0 Å². The van der Waals surface area contributed by atoms with Gasteiger partial charge in [-0.3, -0.25) is 0 Å². The summed E-state index contributed by atoms with van der Waals surface area (Å²) in [4.78, 5) is 0. The van der Waals surface area contributed by atoms with Gasteiger partial charge in [-0.1, -0.05) is 6.42 Å². The quantitative estimate of drug-likeness (QED) is 0.755. The maximum Gasteiger partial charge on any atom is 0.215 e. The van der Waals surface area contributed by atoms with Crippen LogP contribution in [0.5, 0.6) is 0 Å². The summed E-state index contributed by atoms with van der Waals surface area (Å²) in [6.07, 6.45) is 3.14. The number of likely N-dealkylation sites (N-methyl/N-ethyl adjacent to an activating group) is 1. The van der Waals surface area contributed by atoms with Gasteiger partial charge in [-0.25, -0.2) is 12.7 Å². The molecule has 5 nitrogen and oxygen atoms in total. The number of methoxy groups -OCH3 is 1. The highest BCUT2D eigenvalue weighted by atomic mass is 32.2. The molecule has 1 saturated heterocycles. The Labute approximate surface area is 105 Å². The van der Waals surface area contributed by atoms with Crippen LogP contribution in [-0.4, -0.2) is 57.9 Å². The van der Waals surface area contributed by atoms with Crippen molar-refractivity contribution >= 4 is 10.0 Å². The molecule has 0 radical (unpaired) electrons. The molecule has 2 atom stereocenters. The molecule has 1 heterocycles. The molecule has 102 valence electrons. The number of hydrogen-bond donors (Lipinski definition) is 1. The molecule has 17 heavy (non-hydrogen) atoms. The fourth-order valence-electron chi connectivity index (χ4n) is 2.00. The van der Waals surface area contributed by atoms with E-state index >= 15 is 0 Å². The van der Waals surface area contributed by atoms with Crippen molar-refractivity contribution in [3.8, 4) is 0 Å². The van der Waals surface area contributed by atoms with E-state index in [0.717, 1.165) is 25.8 Å². The number of sulfonamides is 1. The fraction of sp³-hybridized carbons (Fsp3) is 1.00. The van der Waals surface area contributed by atoms with Crippen molar-refractivity contribution < 1.29 is 13.2 Å². The molecule has 1 rings (SSSR count). The first-order chi connectivity index (χ1) is 7.95. The molecule has 1 aliphatic heterocycles. The molecule has 1 fully saturated rings. The second kappa shape index (κ2) is 6.68. The second-order valence-corrected chi connectivity index (χ2v) is 6.87. The summed E-state index contributed by atoms with van der Waals surface area (Å²) in [6, 6.07) is 0.106. The first kappa shape index (κ1) is 14.9. The topological polar surface area (TPSA) is 58.6 Å². The molecular weight excluding hydrogens is 240 g/mol. The first-order valence-corrected chi connectivity index (χ1v) is 7.77. The van der Waals surface area contributed by atoms with E-state index in [2.05, 4.69) is 5.32 Å². The fourth-order valence-corrected chi connectivity index (χ4v) is 3.48. The van der Waals surface area contributed by atoms with E-state index in [1.165, 1.54) is 4.31 Å². The van der Waals surface area contributed by atoms with E-state index in [1.807, 2.05) is 6.92 Å². The minimum absolute atomic E-state index is 0.0749. The molecule has 6 heteroatoms. The lowest BCUT2D eigenvalue weighted by atomic mass is 10.1. The smallest absolute Gasteiger partial charge is 0.215 e. The van der Waals surface area contributed by atoms with E-state index in [4.69, 9.17) is 4.74 Å². The lowest BCUT2D eigenvalue weighted by Crippen LogP contribution is -2.44. The second-order valence-electron chi connectivity index (χ2n) is 4.75. The Morgan fingerprint density at radius 2 is 2.18 bits per heavy atom. The molecule has 0 aliphatic carbocycles. The van der Waals surface area contributed by atoms with Crippen LogP contribution < -0.4 is 5.32 Å². The molecule has 0 amide bonds. The van der Waals surface area contributed by atoms with Crippen LogP contribution in [0, 0.1) is 0 Å². The van der Waals surface area contributed by atoms with Gasteiger partial charge in [0.25, 0.3) is 0 Å². The Bertz CT molecular complexity index is 313. The van der Waals surface area contributed by atoms with E-state index in [9.17, 15) is 8.42 Å². The Hall–Kier alpha value is -0.170. The number of piperidine rings is 1. The van der Waals surface area contributed by atoms with Gasteiger partial charge in [0, 0.05) is 26.7 Å². The highest BCUT2D eigenvalue weighted by Gasteiger charge is 2.25. The van der Waals surface area contributed by atoms with Crippen LogP contribution >= 0.6 is 0 Å². The summed E-state index contributed by atoms with van der Waals surface area (Å²) in [7, 11) is 0.0356. The summed E-state index contributed by atoms with van der Waals surface area (Å²) >= 11 is 0. The third-order valence-corrected chi connectivity index (χ3v) is 5.14. The van der Waals surface area contributed by atoms with Crippen LogP contribution in [0.4, 0.5) is 0 Å². The van der Waals surface area contributed by atoms with Crippen molar-refractivity contribution in [1.82, 2.24) is 9.62 Å². The first-order valence-electron chi connectivity index (χ1n) is 6.16. The van der Waals surface area contributed by atoms with Gasteiger partial charge in [-0.05, 0) is 26.3 Å². The average Bonchev–Trinajstić information content (AvgIpc) is 2.29. The lowest BCUT2D eigenvalue weighted by molar-refractivity contribution is 0.104. The molecule has 0 aromatic heterocycles. The van der Waals surface area contributed by atoms with Crippen LogP contribution in [0.1, 0.15) is 26.2 Å². The van der Waals surface area contributed by atoms with Crippen LogP contribution in [0.25, 0.3) is 0 Å². The normalized spacial score (nSPS) is 23.9. The van der Waals surface area contributed by atoms with Gasteiger partial charge < -0.3 is 10.1 Å². The molecule has 0 saturated carbocycles. The van der Waals surface area contributed by atoms with E-state index in [-0.39, 0.29) is 17.9 Å². The summed E-state index contributed by atoms with van der Waals surface area (Å²) in [6.45, 7) is 3.20. The lowest BCUT2D eigenvalue weighted by Gasteiger charge is -2.26. The van der Waals surface area contributed by atoms with Crippen LogP contribution in [0.15, 0.2) is 0 Å². The van der Waals surface area contributed by atoms with Gasteiger partial charge in [-0.2, -0.15) is 0 Å². The summed E-state index contributed by atoms with van der Waals surface area (Å²) in [5.74, 6) is 0.194. The zero-order valence-corrected chi connectivity index (χ0v) is 11.8. The Kier molecular flexibility index (Phi) is 5.85. The zero-order valence-electron chi connectivity index (χ0n) is 11.0. The van der Waals surface area contributed by atoms with Crippen LogP contribution in [0.2, 0.25) is 0 Å². The Morgan fingerprint density at radius 3 is 2.71 bits per heavy atom. The van der Waals surface area contributed by atoms with Crippen molar-refractivity contribution in [3.05, 3.63) is 0 Å². The van der Waals surface area contributed by atoms with Crippen molar-refractivity contribution in [2.24, 2.45) is 0 Å². The minimum Gasteiger partial charge on any atom is -0.380 e. The van der Waals surface area contributed by atoms with Gasteiger partial charge in [0.1, 0.15) is 0 Å². The van der Waals surface area contributed by atoms with E-state index in [0.29, 0.717) is 6.54 Å². The van der Waals surface area contributed by atoms with Gasteiger partial charge in [-0.15, -0.1) is 0 Å². The summed E-state index contributed by atoms with van der Waals surface area (Å²) < 4.78 is 30.6. The van der Waals surface area contributed by atoms with Crippen LogP contribution in [-0.2, 0) is 14.8 Å². The number of ether oxygens (including phenoxy) is 1. The third-order valence-electron chi connectivity index (χ3n) is 3.22. The molecule has 1 N–H and O–H groups in total. The molecule has 1 aliphatic rings. The highest BCUT2D eigenvalue weighted by molar-refractivity contribution is 7.89. The van der Waals surface area contributed by atoms with Gasteiger partial charge in [0.15, 0.2) is 0 Å². The molecule has 0 aromatic rings. The van der Waals surface area contributed by atoms with Crippen LogP contribution in [0.3, 0.4) is 0 Å². The Morgan fingerprint density at radius 1 is 1.47 bits per heavy atom. The van der Waals surface area contributed by atoms with Crippen molar-refractivity contribution in [2.75, 3.05) is 33.0 Å². The van der Waals surface area contributed by atoms with Crippen molar-refractivity contribution in [2.45, 2.75) is 38.3 Å². The minimum atomic E-state index is -3.17. The highest BCUT2D eigenvalue weighted by Crippen LogP contribution is 2.11. The molecule has 0 spiro atoms. The Balaban J connectivity index is 2.48. The monoisotopic (exact) mass is 264 g/mol. The standard InChI is InChI=1S/C11H24N2O3S/c1-10(16-3)8-13(2)17(14,15)9-11-6-4-5-7-12-11/h10-12H,4-9H2,1-3H3. The van der Waals surface area contributed by atoms with Crippen molar-refractivity contribution in [1.29, 1.82) is 0 Å². The maximum atomic E-state index is 12.1. The zero-order chi connectivity index (χ0) is 12.9. The SMILES string of the molecule is COC(C)CN(C)S(=O)(=O)CC1CCCCN1. The number of nitrogens with one attached hydrogen (secondary N) is 1. The molecule has 2 unspecified atom stereocenters. The summed E-state index contributed by atoms with van der Waals surface area (Å²) in [5, 5.41) is 3.26. The third kappa shape index (κ3) is 4.91. The predicted molar refractivity (Wildman–Crippen MR) is 68.5 cm³/mol. The van der Waals surface area contributed by atoms with E-state index < -0.39 is 10.0 Å². The molecular formula is C11H24N2O3S. The number of nitrogens with zero attached hydrogens (tertiary/aromatic N) is 1. The van der Waals surface area contributed by atoms with Gasteiger partial charge in [0.2, 0.25) is 10.0 Å². The average molecular weight is 264 g/mol. The largest absolute Gasteiger partial charge is 0.380 e. The summed E-state index contributed by atoms with van der Waals surface area (Å²) in [5.41, 5.74) is 0. The predicted octanol–water partition coefficient (Wildman–Crippen LogP) is 0.425. The maximum absolute atomic E-state index is 12.1. The van der Waals surface area contributed by atoms with Gasteiger partial charge in [0.05, 0.1) is 11.9 Å². The number of rotatable bonds is 6. The van der Waals surface area contributed by atoms with Crippen molar-refractivity contribution in [3.63, 3.8) is 0 Å². The molecule has 0 bridgehead atoms. The van der Waals surface area contributed by atoms with E-state index in [1.54, 1.807) is 14.2 Å².